The molecule has 0 bridgehead atoms. The summed E-state index contributed by atoms with van der Waals surface area (Å²) in [5.74, 6) is -0.134. The van der Waals surface area contributed by atoms with Gasteiger partial charge in [-0.15, -0.1) is 12.6 Å². The molecule has 13 heavy (non-hydrogen) atoms. The van der Waals surface area contributed by atoms with Gasteiger partial charge in [0, 0.05) is 18.2 Å². The third-order valence-corrected chi connectivity index (χ3v) is 1.71. The van der Waals surface area contributed by atoms with E-state index in [0.29, 0.717) is 11.3 Å². The lowest BCUT2D eigenvalue weighted by Gasteiger charge is -2.01. The van der Waals surface area contributed by atoms with Crippen LogP contribution in [0.1, 0.15) is 17.3 Å². The quantitative estimate of drug-likeness (QED) is 0.706. The molecular formula is C9H9NO2S. The molecule has 0 aromatic heterocycles. The van der Waals surface area contributed by atoms with Gasteiger partial charge in [0.1, 0.15) is 0 Å². The molecule has 1 N–H and O–H groups in total. The maximum atomic E-state index is 10.8. The number of nitrogens with one attached hydrogen (secondary N) is 1. The summed E-state index contributed by atoms with van der Waals surface area (Å²) in [6, 6.07) is 6.54. The van der Waals surface area contributed by atoms with Crippen LogP contribution < -0.4 is 5.32 Å². The minimum Gasteiger partial charge on any atom is -0.326 e. The van der Waals surface area contributed by atoms with Crippen molar-refractivity contribution >= 4 is 29.3 Å². The molecule has 1 aromatic rings. The summed E-state index contributed by atoms with van der Waals surface area (Å²) in [4.78, 5) is 21.4. The van der Waals surface area contributed by atoms with E-state index in [2.05, 4.69) is 17.9 Å². The number of rotatable bonds is 2. The smallest absolute Gasteiger partial charge is 0.221 e. The third-order valence-electron chi connectivity index (χ3n) is 1.45. The van der Waals surface area contributed by atoms with Gasteiger partial charge in [-0.3, -0.25) is 9.59 Å². The van der Waals surface area contributed by atoms with Crippen molar-refractivity contribution in [1.82, 2.24) is 0 Å². The van der Waals surface area contributed by atoms with Crippen LogP contribution in [0, 0.1) is 0 Å². The van der Waals surface area contributed by atoms with Gasteiger partial charge in [0.05, 0.1) is 0 Å². The van der Waals surface area contributed by atoms with Crippen LogP contribution in [0.4, 0.5) is 5.69 Å². The lowest BCUT2D eigenvalue weighted by Crippen LogP contribution is -2.05. The molecule has 0 aliphatic heterocycles. The topological polar surface area (TPSA) is 46.2 Å². The minimum absolute atomic E-state index is 0.134. The largest absolute Gasteiger partial charge is 0.326 e. The molecule has 0 fully saturated rings. The standard InChI is InChI=1S/C9H9NO2S/c1-6(11)10-8-4-2-7(3-5-8)9(12)13/h2-5H,1H3,(H,10,11)(H,12,13). The molecular weight excluding hydrogens is 186 g/mol. The Kier molecular flexibility index (Phi) is 3.08. The van der Waals surface area contributed by atoms with Gasteiger partial charge in [-0.2, -0.15) is 0 Å². The average molecular weight is 195 g/mol. The van der Waals surface area contributed by atoms with Crippen molar-refractivity contribution in [3.05, 3.63) is 29.8 Å². The summed E-state index contributed by atoms with van der Waals surface area (Å²) >= 11 is 3.67. The van der Waals surface area contributed by atoms with E-state index in [-0.39, 0.29) is 11.0 Å². The fourth-order valence-electron chi connectivity index (χ4n) is 0.899. The van der Waals surface area contributed by atoms with Crippen molar-refractivity contribution in [2.45, 2.75) is 6.92 Å². The Balaban J connectivity index is 2.81. The molecule has 0 aliphatic rings. The van der Waals surface area contributed by atoms with Crippen molar-refractivity contribution in [3.63, 3.8) is 0 Å². The first-order valence-corrected chi connectivity index (χ1v) is 4.15. The molecule has 1 amide bonds. The van der Waals surface area contributed by atoms with E-state index in [0.717, 1.165) is 0 Å². The Labute approximate surface area is 81.6 Å². The second-order valence-electron chi connectivity index (χ2n) is 2.56. The van der Waals surface area contributed by atoms with Crippen LogP contribution in [0.25, 0.3) is 0 Å². The molecule has 0 aliphatic carbocycles. The van der Waals surface area contributed by atoms with Gasteiger partial charge in [0.15, 0.2) is 0 Å². The summed E-state index contributed by atoms with van der Waals surface area (Å²) < 4.78 is 0. The number of benzene rings is 1. The zero-order valence-corrected chi connectivity index (χ0v) is 7.97. The number of amides is 1. The van der Waals surface area contributed by atoms with E-state index in [1.54, 1.807) is 24.3 Å². The molecule has 68 valence electrons. The monoisotopic (exact) mass is 195 g/mol. The van der Waals surface area contributed by atoms with Gasteiger partial charge in [-0.05, 0) is 24.3 Å². The van der Waals surface area contributed by atoms with Crippen LogP contribution in [0.5, 0.6) is 0 Å². The van der Waals surface area contributed by atoms with Gasteiger partial charge in [-0.25, -0.2) is 0 Å². The highest BCUT2D eigenvalue weighted by molar-refractivity contribution is 7.97. The van der Waals surface area contributed by atoms with Gasteiger partial charge in [0.25, 0.3) is 0 Å². The van der Waals surface area contributed by atoms with E-state index in [1.165, 1.54) is 6.92 Å². The predicted molar refractivity (Wildman–Crippen MR) is 54.1 cm³/mol. The van der Waals surface area contributed by atoms with Crippen molar-refractivity contribution in [3.8, 4) is 0 Å². The molecule has 0 heterocycles. The summed E-state index contributed by atoms with van der Waals surface area (Å²) in [6.07, 6.45) is 0. The molecule has 0 spiro atoms. The van der Waals surface area contributed by atoms with Gasteiger partial charge >= 0.3 is 0 Å². The Bertz CT molecular complexity index is 332. The third kappa shape index (κ3) is 2.91. The van der Waals surface area contributed by atoms with E-state index >= 15 is 0 Å². The van der Waals surface area contributed by atoms with Crippen molar-refractivity contribution < 1.29 is 9.59 Å². The highest BCUT2D eigenvalue weighted by atomic mass is 32.1. The Morgan fingerprint density at radius 2 is 1.77 bits per heavy atom. The number of anilines is 1. The second kappa shape index (κ2) is 4.09. The van der Waals surface area contributed by atoms with E-state index in [9.17, 15) is 9.59 Å². The number of hydrogen-bond acceptors (Lipinski definition) is 2. The highest BCUT2D eigenvalue weighted by Crippen LogP contribution is 2.10. The zero-order chi connectivity index (χ0) is 9.84. The van der Waals surface area contributed by atoms with Gasteiger partial charge in [-0.1, -0.05) is 0 Å². The normalized spacial score (nSPS) is 9.38. The lowest BCUT2D eigenvalue weighted by atomic mass is 10.2. The maximum Gasteiger partial charge on any atom is 0.221 e. The Morgan fingerprint density at radius 3 is 2.15 bits per heavy atom. The maximum absolute atomic E-state index is 10.8. The van der Waals surface area contributed by atoms with Crippen molar-refractivity contribution in [2.24, 2.45) is 0 Å². The molecule has 3 nitrogen and oxygen atoms in total. The molecule has 0 saturated carbocycles. The van der Waals surface area contributed by atoms with Gasteiger partial charge < -0.3 is 5.32 Å². The van der Waals surface area contributed by atoms with Crippen LogP contribution in [0.3, 0.4) is 0 Å². The average Bonchev–Trinajstić information content (AvgIpc) is 2.04. The summed E-state index contributed by atoms with van der Waals surface area (Å²) in [7, 11) is 0. The first kappa shape index (κ1) is 9.80. The Hall–Kier alpha value is -1.29. The zero-order valence-electron chi connectivity index (χ0n) is 7.07. The summed E-state index contributed by atoms with van der Waals surface area (Å²) in [5, 5.41) is 2.31. The van der Waals surface area contributed by atoms with Crippen LogP contribution in [0.2, 0.25) is 0 Å². The molecule has 0 radical (unpaired) electrons. The SMILES string of the molecule is CC(=O)Nc1ccc(C(=O)S)cc1. The van der Waals surface area contributed by atoms with Crippen LogP contribution in [-0.2, 0) is 4.79 Å². The first-order valence-electron chi connectivity index (χ1n) is 3.70. The van der Waals surface area contributed by atoms with Crippen LogP contribution in [0.15, 0.2) is 24.3 Å². The van der Waals surface area contributed by atoms with Gasteiger partial charge in [0.2, 0.25) is 11.0 Å². The number of hydrogen-bond donors (Lipinski definition) is 2. The van der Waals surface area contributed by atoms with Crippen molar-refractivity contribution in [2.75, 3.05) is 5.32 Å². The highest BCUT2D eigenvalue weighted by Gasteiger charge is 1.99. The minimum atomic E-state index is -0.283. The van der Waals surface area contributed by atoms with E-state index < -0.39 is 0 Å². The number of carbonyl (C=O) groups excluding carboxylic acids is 2. The molecule has 1 rings (SSSR count). The van der Waals surface area contributed by atoms with Crippen LogP contribution >= 0.6 is 12.6 Å². The molecule has 0 saturated heterocycles. The predicted octanol–water partition coefficient (Wildman–Crippen LogP) is 1.71. The molecule has 4 heteroatoms. The molecule has 0 unspecified atom stereocenters. The van der Waals surface area contributed by atoms with Crippen molar-refractivity contribution in [1.29, 1.82) is 0 Å². The Morgan fingerprint density at radius 1 is 1.23 bits per heavy atom. The molecule has 1 aromatic carbocycles. The summed E-state index contributed by atoms with van der Waals surface area (Å²) in [5.41, 5.74) is 1.18. The lowest BCUT2D eigenvalue weighted by molar-refractivity contribution is -0.114. The van der Waals surface area contributed by atoms with E-state index in [4.69, 9.17) is 0 Å². The number of thiol groups is 1. The second-order valence-corrected chi connectivity index (χ2v) is 2.97. The van der Waals surface area contributed by atoms with Crippen LogP contribution in [-0.4, -0.2) is 11.0 Å². The first-order chi connectivity index (χ1) is 6.09. The van der Waals surface area contributed by atoms with E-state index in [1.807, 2.05) is 0 Å². The summed E-state index contributed by atoms with van der Waals surface area (Å²) in [6.45, 7) is 1.43. The fourth-order valence-corrected chi connectivity index (χ4v) is 1.05. The molecule has 0 atom stereocenters. The number of carbonyl (C=O) groups is 2. The fraction of sp³-hybridized carbons (Fsp3) is 0.111.